The molecule has 1 aromatic rings. The second kappa shape index (κ2) is 5.27. The van der Waals surface area contributed by atoms with Crippen molar-refractivity contribution in [3.63, 3.8) is 0 Å². The molecule has 0 saturated heterocycles. The second-order valence-corrected chi connectivity index (χ2v) is 4.44. The number of halogens is 1. The largest absolute Gasteiger partial charge is 0.494 e. The molecule has 0 aromatic heterocycles. The monoisotopic (exact) mass is 239 g/mol. The van der Waals surface area contributed by atoms with Crippen LogP contribution in [0, 0.1) is 5.82 Å². The molecule has 0 spiro atoms. The maximum atomic E-state index is 13.4. The van der Waals surface area contributed by atoms with Gasteiger partial charge in [-0.1, -0.05) is 6.07 Å². The summed E-state index contributed by atoms with van der Waals surface area (Å²) >= 11 is 0. The van der Waals surface area contributed by atoms with Crippen LogP contribution in [0.5, 0.6) is 5.75 Å². The van der Waals surface area contributed by atoms with Crippen molar-refractivity contribution < 1.29 is 13.9 Å². The zero-order valence-electron chi connectivity index (χ0n) is 10.6. The first-order chi connectivity index (χ1) is 7.90. The highest BCUT2D eigenvalue weighted by Gasteiger charge is 2.25. The highest BCUT2D eigenvalue weighted by atomic mass is 19.1. The minimum Gasteiger partial charge on any atom is -0.494 e. The highest BCUT2D eigenvalue weighted by molar-refractivity contribution is 5.89. The average Bonchev–Trinajstić information content (AvgIpc) is 2.29. The van der Waals surface area contributed by atoms with Crippen LogP contribution in [0.1, 0.15) is 19.4 Å². The number of ketones is 1. The molecular weight excluding hydrogens is 221 g/mol. The van der Waals surface area contributed by atoms with Gasteiger partial charge in [-0.2, -0.15) is 0 Å². The van der Waals surface area contributed by atoms with Crippen LogP contribution in [0.4, 0.5) is 4.39 Å². The van der Waals surface area contributed by atoms with Crippen molar-refractivity contribution >= 4 is 5.78 Å². The molecule has 1 rings (SSSR count). The maximum absolute atomic E-state index is 13.4. The van der Waals surface area contributed by atoms with E-state index in [1.54, 1.807) is 27.0 Å². The van der Waals surface area contributed by atoms with Gasteiger partial charge in [0, 0.05) is 6.42 Å². The third kappa shape index (κ3) is 3.27. The number of methoxy groups -OCH3 is 1. The fourth-order valence-electron chi connectivity index (χ4n) is 1.37. The molecule has 0 aliphatic rings. The van der Waals surface area contributed by atoms with E-state index in [9.17, 15) is 9.18 Å². The topological polar surface area (TPSA) is 38.3 Å². The zero-order chi connectivity index (χ0) is 13.1. The van der Waals surface area contributed by atoms with E-state index in [1.165, 1.54) is 19.2 Å². The van der Waals surface area contributed by atoms with Crippen LogP contribution in [-0.4, -0.2) is 25.5 Å². The number of carbonyl (C=O) groups excluding carboxylic acids is 1. The number of Topliss-reactive ketones (excluding diaryl/α,β-unsaturated/α-hetero) is 1. The van der Waals surface area contributed by atoms with E-state index < -0.39 is 11.4 Å². The Morgan fingerprint density at radius 1 is 1.47 bits per heavy atom. The quantitative estimate of drug-likeness (QED) is 0.853. The Morgan fingerprint density at radius 2 is 2.12 bits per heavy atom. The van der Waals surface area contributed by atoms with Crippen LogP contribution < -0.4 is 10.1 Å². The minimum atomic E-state index is -0.601. The molecule has 0 atom stereocenters. The fraction of sp³-hybridized carbons (Fsp3) is 0.462. The van der Waals surface area contributed by atoms with E-state index >= 15 is 0 Å². The summed E-state index contributed by atoms with van der Waals surface area (Å²) in [6.45, 7) is 3.60. The fourth-order valence-corrected chi connectivity index (χ4v) is 1.37. The van der Waals surface area contributed by atoms with Gasteiger partial charge in [-0.3, -0.25) is 4.79 Å². The van der Waals surface area contributed by atoms with Gasteiger partial charge in [-0.15, -0.1) is 0 Å². The lowest BCUT2D eigenvalue weighted by molar-refractivity contribution is -0.123. The predicted octanol–water partition coefficient (Wildman–Crippen LogP) is 1.94. The van der Waals surface area contributed by atoms with E-state index in [1.807, 2.05) is 0 Å². The van der Waals surface area contributed by atoms with E-state index in [0.717, 1.165) is 0 Å². The number of hydrogen-bond donors (Lipinski definition) is 1. The molecule has 3 nitrogen and oxygen atoms in total. The van der Waals surface area contributed by atoms with Crippen molar-refractivity contribution in [3.05, 3.63) is 29.6 Å². The highest BCUT2D eigenvalue weighted by Crippen LogP contribution is 2.19. The molecule has 4 heteroatoms. The molecule has 94 valence electrons. The van der Waals surface area contributed by atoms with Crippen molar-refractivity contribution in [2.24, 2.45) is 0 Å². The van der Waals surface area contributed by atoms with Crippen LogP contribution in [0.3, 0.4) is 0 Å². The lowest BCUT2D eigenvalue weighted by Crippen LogP contribution is -2.45. The molecule has 0 unspecified atom stereocenters. The first-order valence-electron chi connectivity index (χ1n) is 5.45. The van der Waals surface area contributed by atoms with Crippen LogP contribution in [-0.2, 0) is 11.2 Å². The maximum Gasteiger partial charge on any atom is 0.165 e. The van der Waals surface area contributed by atoms with E-state index in [0.29, 0.717) is 5.56 Å². The molecule has 0 radical (unpaired) electrons. The molecule has 0 aliphatic carbocycles. The van der Waals surface area contributed by atoms with Gasteiger partial charge in [0.05, 0.1) is 12.6 Å². The normalized spacial score (nSPS) is 11.4. The summed E-state index contributed by atoms with van der Waals surface area (Å²) in [7, 11) is 3.14. The Balaban J connectivity index is 2.83. The van der Waals surface area contributed by atoms with Crippen molar-refractivity contribution in [3.8, 4) is 5.75 Å². The Morgan fingerprint density at radius 3 is 2.59 bits per heavy atom. The van der Waals surface area contributed by atoms with Crippen LogP contribution in [0.15, 0.2) is 18.2 Å². The summed E-state index contributed by atoms with van der Waals surface area (Å²) in [5.41, 5.74) is 0.0489. The van der Waals surface area contributed by atoms with E-state index in [-0.39, 0.29) is 18.0 Å². The average molecular weight is 239 g/mol. The zero-order valence-corrected chi connectivity index (χ0v) is 10.6. The van der Waals surface area contributed by atoms with E-state index in [4.69, 9.17) is 4.74 Å². The standard InChI is InChI=1S/C13H18FNO2/c1-13(2,15-3)12(16)8-9-5-6-11(17-4)10(14)7-9/h5-7,15H,8H2,1-4H3. The molecule has 1 N–H and O–H groups in total. The number of hydrogen-bond acceptors (Lipinski definition) is 3. The molecule has 0 fully saturated rings. The van der Waals surface area contributed by atoms with Gasteiger partial charge < -0.3 is 10.1 Å². The summed E-state index contributed by atoms with van der Waals surface area (Å²) in [5, 5.41) is 2.93. The Hall–Kier alpha value is -1.42. The second-order valence-electron chi connectivity index (χ2n) is 4.44. The molecule has 17 heavy (non-hydrogen) atoms. The number of nitrogens with one attached hydrogen (secondary N) is 1. The molecule has 0 heterocycles. The minimum absolute atomic E-state index is 0.0181. The summed E-state index contributed by atoms with van der Waals surface area (Å²) < 4.78 is 18.2. The molecule has 0 amide bonds. The van der Waals surface area contributed by atoms with Crippen molar-refractivity contribution in [2.75, 3.05) is 14.2 Å². The number of carbonyl (C=O) groups is 1. The van der Waals surface area contributed by atoms with Gasteiger partial charge in [-0.05, 0) is 38.6 Å². The predicted molar refractivity (Wildman–Crippen MR) is 64.8 cm³/mol. The first kappa shape index (κ1) is 13.6. The Bertz CT molecular complexity index is 416. The smallest absolute Gasteiger partial charge is 0.165 e. The number of rotatable bonds is 5. The van der Waals surface area contributed by atoms with Crippen molar-refractivity contribution in [1.29, 1.82) is 0 Å². The number of benzene rings is 1. The summed E-state index contributed by atoms with van der Waals surface area (Å²) in [6, 6.07) is 4.57. The van der Waals surface area contributed by atoms with Crippen molar-refractivity contribution in [1.82, 2.24) is 5.32 Å². The van der Waals surface area contributed by atoms with Gasteiger partial charge in [0.15, 0.2) is 17.3 Å². The summed E-state index contributed by atoms with van der Waals surface area (Å²) in [5.74, 6) is -0.237. The molecule has 0 aliphatic heterocycles. The van der Waals surface area contributed by atoms with Gasteiger partial charge in [0.1, 0.15) is 0 Å². The molecule has 0 saturated carbocycles. The number of likely N-dealkylation sites (N-methyl/N-ethyl adjacent to an activating group) is 1. The summed E-state index contributed by atoms with van der Waals surface area (Å²) in [6.07, 6.45) is 0.203. The molecular formula is C13H18FNO2. The summed E-state index contributed by atoms with van der Waals surface area (Å²) in [4.78, 5) is 11.9. The van der Waals surface area contributed by atoms with Gasteiger partial charge >= 0.3 is 0 Å². The first-order valence-corrected chi connectivity index (χ1v) is 5.45. The van der Waals surface area contributed by atoms with Gasteiger partial charge in [0.25, 0.3) is 0 Å². The van der Waals surface area contributed by atoms with Crippen molar-refractivity contribution in [2.45, 2.75) is 25.8 Å². The third-order valence-corrected chi connectivity index (χ3v) is 2.90. The van der Waals surface area contributed by atoms with Gasteiger partial charge in [0.2, 0.25) is 0 Å². The Kier molecular flexibility index (Phi) is 4.23. The lowest BCUT2D eigenvalue weighted by Gasteiger charge is -2.22. The third-order valence-electron chi connectivity index (χ3n) is 2.90. The van der Waals surface area contributed by atoms with Gasteiger partial charge in [-0.25, -0.2) is 4.39 Å². The van der Waals surface area contributed by atoms with E-state index in [2.05, 4.69) is 5.32 Å². The lowest BCUT2D eigenvalue weighted by atomic mass is 9.94. The SMILES string of the molecule is CNC(C)(C)C(=O)Cc1ccc(OC)c(F)c1. The van der Waals surface area contributed by atoms with Crippen LogP contribution >= 0.6 is 0 Å². The van der Waals surface area contributed by atoms with Crippen LogP contribution in [0.25, 0.3) is 0 Å². The molecule has 1 aromatic carbocycles. The van der Waals surface area contributed by atoms with Crippen LogP contribution in [0.2, 0.25) is 0 Å². The Labute approximate surface area is 101 Å². The number of ether oxygens (including phenoxy) is 1. The molecule has 0 bridgehead atoms.